The first-order valence-corrected chi connectivity index (χ1v) is 10.7. The van der Waals surface area contributed by atoms with E-state index in [1.54, 1.807) is 11.3 Å². The number of aromatic amines is 1. The van der Waals surface area contributed by atoms with Gasteiger partial charge in [-0.25, -0.2) is 4.98 Å². The van der Waals surface area contributed by atoms with Gasteiger partial charge in [0.15, 0.2) is 5.96 Å². The third-order valence-corrected chi connectivity index (χ3v) is 6.13. The van der Waals surface area contributed by atoms with Gasteiger partial charge in [0.1, 0.15) is 4.34 Å². The molecule has 0 aliphatic heterocycles. The number of nitrogens with one attached hydrogen (secondary N) is 3. The van der Waals surface area contributed by atoms with Crippen LogP contribution in [0, 0.1) is 6.92 Å². The lowest BCUT2D eigenvalue weighted by atomic mass is 10.1. The van der Waals surface area contributed by atoms with E-state index in [0.29, 0.717) is 0 Å². The van der Waals surface area contributed by atoms with Gasteiger partial charge in [-0.15, -0.1) is 35.3 Å². The summed E-state index contributed by atoms with van der Waals surface area (Å²) in [5.41, 5.74) is 3.82. The Labute approximate surface area is 185 Å². The van der Waals surface area contributed by atoms with Crippen molar-refractivity contribution in [2.45, 2.75) is 24.1 Å². The summed E-state index contributed by atoms with van der Waals surface area (Å²) >= 11 is 3.50. The number of aliphatic imine (C=N–C) groups is 1. The van der Waals surface area contributed by atoms with Gasteiger partial charge < -0.3 is 15.6 Å². The van der Waals surface area contributed by atoms with E-state index in [0.717, 1.165) is 42.0 Å². The van der Waals surface area contributed by atoms with Crippen LogP contribution in [0.1, 0.15) is 17.5 Å². The smallest absolute Gasteiger partial charge is 0.190 e. The summed E-state index contributed by atoms with van der Waals surface area (Å²) in [7, 11) is 1.81. The molecule has 27 heavy (non-hydrogen) atoms. The van der Waals surface area contributed by atoms with E-state index in [1.807, 2.05) is 30.4 Å². The molecule has 0 fully saturated rings. The molecule has 0 atom stereocenters. The van der Waals surface area contributed by atoms with Crippen LogP contribution in [0.5, 0.6) is 0 Å². The molecule has 0 aliphatic rings. The van der Waals surface area contributed by atoms with Crippen molar-refractivity contribution in [1.29, 1.82) is 0 Å². The molecule has 2 heterocycles. The fourth-order valence-corrected chi connectivity index (χ4v) is 4.41. The fraction of sp³-hybridized carbons (Fsp3) is 0.368. The van der Waals surface area contributed by atoms with E-state index >= 15 is 0 Å². The Morgan fingerprint density at radius 1 is 1.30 bits per heavy atom. The van der Waals surface area contributed by atoms with Gasteiger partial charge in [-0.05, 0) is 37.0 Å². The molecule has 3 aromatic rings. The van der Waals surface area contributed by atoms with Gasteiger partial charge in [-0.2, -0.15) is 0 Å². The van der Waals surface area contributed by atoms with Crippen LogP contribution in [0.2, 0.25) is 0 Å². The molecule has 0 aliphatic carbocycles. The molecule has 0 saturated heterocycles. The molecule has 0 unspecified atom stereocenters. The third kappa shape index (κ3) is 6.69. The average Bonchev–Trinajstić information content (AvgIpc) is 3.29. The quantitative estimate of drug-likeness (QED) is 0.137. The first kappa shape index (κ1) is 22.0. The Morgan fingerprint density at radius 3 is 2.93 bits per heavy atom. The number of hydrogen-bond acceptors (Lipinski definition) is 4. The molecule has 0 amide bonds. The summed E-state index contributed by atoms with van der Waals surface area (Å²) in [5.74, 6) is 1.92. The van der Waals surface area contributed by atoms with Crippen molar-refractivity contribution in [1.82, 2.24) is 20.6 Å². The number of fused-ring (bicyclic) bond motifs is 1. The van der Waals surface area contributed by atoms with E-state index in [4.69, 9.17) is 0 Å². The molecular weight excluding hydrogens is 489 g/mol. The van der Waals surface area contributed by atoms with Gasteiger partial charge in [0.25, 0.3) is 0 Å². The molecule has 1 aromatic carbocycles. The van der Waals surface area contributed by atoms with E-state index in [1.165, 1.54) is 22.0 Å². The summed E-state index contributed by atoms with van der Waals surface area (Å²) < 4.78 is 1.14. The summed E-state index contributed by atoms with van der Waals surface area (Å²) in [6, 6.07) is 6.55. The van der Waals surface area contributed by atoms with Crippen LogP contribution in [0.15, 0.2) is 45.3 Å². The molecule has 0 bridgehead atoms. The fourth-order valence-electron chi connectivity index (χ4n) is 2.76. The second-order valence-electron chi connectivity index (χ2n) is 6.04. The monoisotopic (exact) mass is 515 g/mol. The summed E-state index contributed by atoms with van der Waals surface area (Å²) in [5, 5.41) is 10.1. The van der Waals surface area contributed by atoms with Crippen molar-refractivity contribution >= 4 is 63.9 Å². The lowest BCUT2D eigenvalue weighted by Crippen LogP contribution is -2.38. The van der Waals surface area contributed by atoms with Crippen molar-refractivity contribution in [3.8, 4) is 0 Å². The minimum atomic E-state index is 0. The number of guanidine groups is 1. The van der Waals surface area contributed by atoms with E-state index in [2.05, 4.69) is 56.9 Å². The number of nitrogens with zero attached hydrogens (tertiary/aromatic N) is 2. The maximum atomic E-state index is 4.30. The molecule has 3 rings (SSSR count). The second kappa shape index (κ2) is 11.6. The summed E-state index contributed by atoms with van der Waals surface area (Å²) in [6.45, 7) is 3.88. The highest BCUT2D eigenvalue weighted by molar-refractivity contribution is 14.0. The van der Waals surface area contributed by atoms with Crippen molar-refractivity contribution in [3.05, 3.63) is 47.1 Å². The maximum absolute atomic E-state index is 4.30. The van der Waals surface area contributed by atoms with Gasteiger partial charge in [0, 0.05) is 54.6 Å². The molecule has 8 heteroatoms. The number of thiazole rings is 1. The normalized spacial score (nSPS) is 11.4. The van der Waals surface area contributed by atoms with Crippen molar-refractivity contribution < 1.29 is 0 Å². The lowest BCUT2D eigenvalue weighted by Gasteiger charge is -2.11. The Kier molecular flexibility index (Phi) is 9.43. The topological polar surface area (TPSA) is 65.1 Å². The van der Waals surface area contributed by atoms with Crippen LogP contribution in [-0.2, 0) is 6.42 Å². The second-order valence-corrected chi connectivity index (χ2v) is 8.28. The number of hydrogen-bond donors (Lipinski definition) is 3. The van der Waals surface area contributed by atoms with Gasteiger partial charge in [-0.3, -0.25) is 4.99 Å². The number of thioether (sulfide) groups is 1. The van der Waals surface area contributed by atoms with Crippen LogP contribution < -0.4 is 10.6 Å². The molecule has 0 spiro atoms. The van der Waals surface area contributed by atoms with E-state index in [9.17, 15) is 0 Å². The number of aryl methyl sites for hydroxylation is 1. The maximum Gasteiger partial charge on any atom is 0.190 e. The molecule has 0 radical (unpaired) electrons. The predicted octanol–water partition coefficient (Wildman–Crippen LogP) is 4.44. The van der Waals surface area contributed by atoms with Gasteiger partial charge in [0.2, 0.25) is 0 Å². The summed E-state index contributed by atoms with van der Waals surface area (Å²) in [6.07, 6.45) is 6.00. The Bertz CT molecular complexity index is 845. The Morgan fingerprint density at radius 2 is 2.15 bits per heavy atom. The number of aromatic nitrogens is 2. The minimum absolute atomic E-state index is 0. The first-order chi connectivity index (χ1) is 12.8. The summed E-state index contributed by atoms with van der Waals surface area (Å²) in [4.78, 5) is 11.9. The number of rotatable bonds is 8. The lowest BCUT2D eigenvalue weighted by molar-refractivity contribution is 0.778. The van der Waals surface area contributed by atoms with Crippen LogP contribution in [0.25, 0.3) is 10.9 Å². The SMILES string of the molecule is CN=C(NCCCSc1nccs1)NCCc1c[nH]c2cc(C)ccc12.I. The van der Waals surface area contributed by atoms with E-state index < -0.39 is 0 Å². The van der Waals surface area contributed by atoms with E-state index in [-0.39, 0.29) is 24.0 Å². The Balaban J connectivity index is 0.00000261. The minimum Gasteiger partial charge on any atom is -0.361 e. The van der Waals surface area contributed by atoms with Crippen LogP contribution >= 0.6 is 47.1 Å². The van der Waals surface area contributed by atoms with Gasteiger partial charge >= 0.3 is 0 Å². The highest BCUT2D eigenvalue weighted by atomic mass is 127. The van der Waals surface area contributed by atoms with Gasteiger partial charge in [0.05, 0.1) is 0 Å². The average molecular weight is 515 g/mol. The molecule has 5 nitrogen and oxygen atoms in total. The standard InChI is InChI=1S/C19H25N5S2.HI/c1-14-4-5-16-15(13-24-17(16)12-14)6-8-22-18(20-2)21-7-3-10-25-19-23-9-11-26-19;/h4-5,9,11-13,24H,3,6-8,10H2,1-2H3,(H2,20,21,22);1H. The largest absolute Gasteiger partial charge is 0.361 e. The third-order valence-electron chi connectivity index (χ3n) is 4.08. The zero-order chi connectivity index (χ0) is 18.2. The zero-order valence-electron chi connectivity index (χ0n) is 15.6. The molecule has 2 aromatic heterocycles. The number of benzene rings is 1. The first-order valence-electron chi connectivity index (χ1n) is 8.79. The molecule has 146 valence electrons. The van der Waals surface area contributed by atoms with Crippen LogP contribution in [0.3, 0.4) is 0 Å². The van der Waals surface area contributed by atoms with Crippen LogP contribution in [-0.4, -0.2) is 41.8 Å². The zero-order valence-corrected chi connectivity index (χ0v) is 19.6. The Hall–Kier alpha value is -1.26. The number of H-pyrrole nitrogens is 1. The highest BCUT2D eigenvalue weighted by Gasteiger charge is 2.04. The number of halogens is 1. The van der Waals surface area contributed by atoms with Gasteiger partial charge in [-0.1, -0.05) is 23.9 Å². The predicted molar refractivity (Wildman–Crippen MR) is 129 cm³/mol. The van der Waals surface area contributed by atoms with Crippen molar-refractivity contribution in [2.75, 3.05) is 25.9 Å². The van der Waals surface area contributed by atoms with Crippen molar-refractivity contribution in [2.24, 2.45) is 4.99 Å². The highest BCUT2D eigenvalue weighted by Crippen LogP contribution is 2.20. The van der Waals surface area contributed by atoms with Crippen LogP contribution in [0.4, 0.5) is 0 Å². The molecular formula is C19H26IN5S2. The molecule has 0 saturated carbocycles. The molecule has 3 N–H and O–H groups in total. The van der Waals surface area contributed by atoms with Crippen molar-refractivity contribution in [3.63, 3.8) is 0 Å².